The van der Waals surface area contributed by atoms with E-state index < -0.39 is 7.60 Å². The van der Waals surface area contributed by atoms with Gasteiger partial charge in [0.25, 0.3) is 0 Å². The molecule has 4 heteroatoms. The average molecular weight is 254 g/mol. The normalized spacial score (nSPS) is 18.0. The van der Waals surface area contributed by atoms with E-state index in [0.717, 1.165) is 18.4 Å². The van der Waals surface area contributed by atoms with Crippen LogP contribution in [0.15, 0.2) is 30.3 Å². The van der Waals surface area contributed by atoms with Crippen LogP contribution >= 0.6 is 7.60 Å². The molecule has 2 rings (SSSR count). The minimum Gasteiger partial charge on any atom is -0.308 e. The third-order valence-electron chi connectivity index (χ3n) is 3.16. The summed E-state index contributed by atoms with van der Waals surface area (Å²) in [7, 11) is -3.03. The van der Waals surface area contributed by atoms with E-state index in [1.165, 1.54) is 0 Å². The third-order valence-corrected chi connectivity index (χ3v) is 6.11. The highest BCUT2D eigenvalue weighted by molar-refractivity contribution is 7.55. The van der Waals surface area contributed by atoms with Crippen molar-refractivity contribution in [1.29, 1.82) is 0 Å². The molecule has 0 aromatic heterocycles. The average Bonchev–Trinajstić information content (AvgIpc) is 3.12. The molecular formula is C13H19O3P. The molecule has 1 aliphatic rings. The van der Waals surface area contributed by atoms with Crippen LogP contribution in [0, 0.1) is 0 Å². The number of rotatable bonds is 6. The first-order valence-corrected chi connectivity index (χ1v) is 7.67. The first-order chi connectivity index (χ1) is 8.18. The number of hydrogen-bond donors (Lipinski definition) is 0. The van der Waals surface area contributed by atoms with Crippen molar-refractivity contribution in [1.82, 2.24) is 0 Å². The highest BCUT2D eigenvalue weighted by Crippen LogP contribution is 2.76. The summed E-state index contributed by atoms with van der Waals surface area (Å²) in [5.41, 5.74) is 1.07. The summed E-state index contributed by atoms with van der Waals surface area (Å²) >= 11 is 0. The van der Waals surface area contributed by atoms with E-state index in [-0.39, 0.29) is 5.16 Å². The van der Waals surface area contributed by atoms with Gasteiger partial charge in [-0.3, -0.25) is 4.57 Å². The summed E-state index contributed by atoms with van der Waals surface area (Å²) < 4.78 is 23.8. The Morgan fingerprint density at radius 3 is 2.06 bits per heavy atom. The fourth-order valence-corrected chi connectivity index (χ4v) is 4.59. The summed E-state index contributed by atoms with van der Waals surface area (Å²) in [5, 5.41) is -0.389. The van der Waals surface area contributed by atoms with Crippen LogP contribution in [0.4, 0.5) is 0 Å². The molecule has 0 atom stereocenters. The second-order valence-electron chi connectivity index (χ2n) is 4.23. The van der Waals surface area contributed by atoms with Crippen molar-refractivity contribution in [2.75, 3.05) is 13.2 Å². The maximum absolute atomic E-state index is 12.9. The zero-order chi connectivity index (χ0) is 12.4. The summed E-state index contributed by atoms with van der Waals surface area (Å²) in [5.74, 6) is 0. The molecule has 0 bridgehead atoms. The van der Waals surface area contributed by atoms with Crippen LogP contribution in [0.1, 0.15) is 32.3 Å². The Hall–Kier alpha value is -0.630. The van der Waals surface area contributed by atoms with Crippen molar-refractivity contribution < 1.29 is 13.6 Å². The molecule has 1 aromatic rings. The standard InChI is InChI=1S/C13H19O3P/c1-3-15-17(14,16-4-2)13(10-11-13)12-8-6-5-7-9-12/h5-9H,3-4,10-11H2,1-2H3. The highest BCUT2D eigenvalue weighted by Gasteiger charge is 2.61. The molecule has 1 saturated carbocycles. The van der Waals surface area contributed by atoms with Gasteiger partial charge in [-0.25, -0.2) is 0 Å². The van der Waals surface area contributed by atoms with Crippen molar-refractivity contribution >= 4 is 7.60 Å². The summed E-state index contributed by atoms with van der Waals surface area (Å²) in [6.45, 7) is 4.55. The Bertz CT molecular complexity index is 402. The van der Waals surface area contributed by atoms with Gasteiger partial charge in [-0.05, 0) is 32.3 Å². The Balaban J connectivity index is 2.33. The van der Waals surface area contributed by atoms with Gasteiger partial charge >= 0.3 is 7.60 Å². The zero-order valence-corrected chi connectivity index (χ0v) is 11.3. The summed E-state index contributed by atoms with van der Waals surface area (Å²) in [6, 6.07) is 9.93. The van der Waals surface area contributed by atoms with Gasteiger partial charge < -0.3 is 9.05 Å². The lowest BCUT2D eigenvalue weighted by Crippen LogP contribution is -2.12. The Labute approximate surface area is 103 Å². The van der Waals surface area contributed by atoms with Gasteiger partial charge in [0.15, 0.2) is 0 Å². The second kappa shape index (κ2) is 4.93. The van der Waals surface area contributed by atoms with E-state index in [4.69, 9.17) is 9.05 Å². The van der Waals surface area contributed by atoms with Gasteiger partial charge in [0, 0.05) is 0 Å². The van der Waals surface area contributed by atoms with Crippen molar-refractivity contribution in [2.45, 2.75) is 31.8 Å². The first-order valence-electron chi connectivity index (χ1n) is 6.13. The molecule has 0 radical (unpaired) electrons. The molecule has 1 aromatic carbocycles. The number of hydrogen-bond acceptors (Lipinski definition) is 3. The van der Waals surface area contributed by atoms with Crippen LogP contribution in [-0.4, -0.2) is 13.2 Å². The van der Waals surface area contributed by atoms with E-state index in [1.807, 2.05) is 44.2 Å². The Kier molecular flexibility index (Phi) is 3.72. The van der Waals surface area contributed by atoms with Crippen molar-refractivity contribution in [3.63, 3.8) is 0 Å². The largest absolute Gasteiger partial charge is 0.341 e. The van der Waals surface area contributed by atoms with Crippen molar-refractivity contribution in [2.24, 2.45) is 0 Å². The molecule has 17 heavy (non-hydrogen) atoms. The quantitative estimate of drug-likeness (QED) is 0.721. The van der Waals surface area contributed by atoms with E-state index in [2.05, 4.69) is 0 Å². The SMILES string of the molecule is CCOP(=O)(OCC)C1(c2ccccc2)CC1. The molecule has 0 unspecified atom stereocenters. The summed E-state index contributed by atoms with van der Waals surface area (Å²) in [6.07, 6.45) is 1.77. The van der Waals surface area contributed by atoms with Gasteiger partial charge in [-0.15, -0.1) is 0 Å². The van der Waals surface area contributed by atoms with E-state index in [1.54, 1.807) is 0 Å². The Morgan fingerprint density at radius 2 is 1.65 bits per heavy atom. The van der Waals surface area contributed by atoms with Crippen molar-refractivity contribution in [3.8, 4) is 0 Å². The predicted octanol–water partition coefficient (Wildman–Crippen LogP) is 3.94. The molecule has 3 nitrogen and oxygen atoms in total. The monoisotopic (exact) mass is 254 g/mol. The lowest BCUT2D eigenvalue weighted by molar-refractivity contribution is 0.209. The zero-order valence-electron chi connectivity index (χ0n) is 10.4. The van der Waals surface area contributed by atoms with Gasteiger partial charge in [-0.2, -0.15) is 0 Å². The van der Waals surface area contributed by atoms with Gasteiger partial charge in [0.05, 0.1) is 18.4 Å². The van der Waals surface area contributed by atoms with Crippen LogP contribution in [0.5, 0.6) is 0 Å². The molecule has 0 heterocycles. The lowest BCUT2D eigenvalue weighted by Gasteiger charge is -2.26. The smallest absolute Gasteiger partial charge is 0.308 e. The van der Waals surface area contributed by atoms with Crippen LogP contribution in [-0.2, 0) is 18.8 Å². The van der Waals surface area contributed by atoms with Gasteiger partial charge in [0.1, 0.15) is 0 Å². The minimum atomic E-state index is -3.03. The van der Waals surface area contributed by atoms with Gasteiger partial charge in [-0.1, -0.05) is 30.3 Å². The maximum atomic E-state index is 12.9. The van der Waals surface area contributed by atoms with E-state index in [9.17, 15) is 4.57 Å². The highest BCUT2D eigenvalue weighted by atomic mass is 31.2. The van der Waals surface area contributed by atoms with E-state index in [0.29, 0.717) is 13.2 Å². The summed E-state index contributed by atoms with van der Waals surface area (Å²) in [4.78, 5) is 0. The molecule has 1 aliphatic carbocycles. The molecule has 0 spiro atoms. The van der Waals surface area contributed by atoms with Crippen LogP contribution < -0.4 is 0 Å². The molecule has 0 saturated heterocycles. The van der Waals surface area contributed by atoms with E-state index >= 15 is 0 Å². The van der Waals surface area contributed by atoms with Crippen LogP contribution in [0.2, 0.25) is 0 Å². The molecule has 1 fully saturated rings. The third kappa shape index (κ3) is 2.20. The molecule has 94 valence electrons. The first kappa shape index (κ1) is 12.8. The minimum absolute atomic E-state index is 0.389. The Morgan fingerprint density at radius 1 is 1.12 bits per heavy atom. The molecular weight excluding hydrogens is 235 g/mol. The van der Waals surface area contributed by atoms with Gasteiger partial charge in [0.2, 0.25) is 0 Å². The topological polar surface area (TPSA) is 35.5 Å². The molecule has 0 amide bonds. The van der Waals surface area contributed by atoms with Crippen LogP contribution in [0.25, 0.3) is 0 Å². The fraction of sp³-hybridized carbons (Fsp3) is 0.538. The predicted molar refractivity (Wildman–Crippen MR) is 68.2 cm³/mol. The number of benzene rings is 1. The fourth-order valence-electron chi connectivity index (χ4n) is 2.21. The lowest BCUT2D eigenvalue weighted by atomic mass is 10.1. The van der Waals surface area contributed by atoms with Crippen LogP contribution in [0.3, 0.4) is 0 Å². The van der Waals surface area contributed by atoms with Crippen molar-refractivity contribution in [3.05, 3.63) is 35.9 Å². The molecule has 0 N–H and O–H groups in total. The second-order valence-corrected chi connectivity index (χ2v) is 6.60. The maximum Gasteiger partial charge on any atom is 0.341 e. The molecule has 0 aliphatic heterocycles.